The second-order valence-corrected chi connectivity index (χ2v) is 5.79. The number of aryl methyl sites for hydroxylation is 1. The minimum atomic E-state index is -0.222. The quantitative estimate of drug-likeness (QED) is 0.822. The third-order valence-electron chi connectivity index (χ3n) is 3.96. The smallest absolute Gasteiger partial charge is 0.239 e. The summed E-state index contributed by atoms with van der Waals surface area (Å²) in [6.07, 6.45) is 3.80. The lowest BCUT2D eigenvalue weighted by molar-refractivity contribution is -0.139. The number of aromatic nitrogens is 2. The van der Waals surface area contributed by atoms with Crippen LogP contribution >= 0.6 is 0 Å². The molecule has 1 atom stereocenters. The van der Waals surface area contributed by atoms with E-state index in [1.165, 1.54) is 0 Å². The Morgan fingerprint density at radius 3 is 2.45 bits per heavy atom. The molecule has 1 unspecified atom stereocenters. The van der Waals surface area contributed by atoms with Gasteiger partial charge in [-0.25, -0.2) is 0 Å². The summed E-state index contributed by atoms with van der Waals surface area (Å²) < 4.78 is 1.87. The monoisotopic (exact) mass is 307 g/mol. The summed E-state index contributed by atoms with van der Waals surface area (Å²) in [6, 6.07) is -0.222. The van der Waals surface area contributed by atoms with Crippen LogP contribution in [0, 0.1) is 6.92 Å². The van der Waals surface area contributed by atoms with Gasteiger partial charge in [0.2, 0.25) is 11.8 Å². The maximum absolute atomic E-state index is 12.4. The number of hydrogen-bond acceptors (Lipinski definition) is 4. The van der Waals surface area contributed by atoms with Gasteiger partial charge in [-0.05, 0) is 19.4 Å². The van der Waals surface area contributed by atoms with Crippen molar-refractivity contribution in [1.82, 2.24) is 24.9 Å². The molecule has 1 aromatic heterocycles. The van der Waals surface area contributed by atoms with Gasteiger partial charge in [0.25, 0.3) is 0 Å². The van der Waals surface area contributed by atoms with Crippen LogP contribution in [0.5, 0.6) is 0 Å². The third-order valence-corrected chi connectivity index (χ3v) is 3.96. The molecule has 0 spiro atoms. The second kappa shape index (κ2) is 7.40. The van der Waals surface area contributed by atoms with Gasteiger partial charge in [-0.15, -0.1) is 0 Å². The summed E-state index contributed by atoms with van der Waals surface area (Å²) in [5.74, 6) is 0.174. The number of carbonyl (C=O) groups excluding carboxylic acids is 2. The Kier molecular flexibility index (Phi) is 5.54. The Morgan fingerprint density at radius 2 is 1.91 bits per heavy atom. The maximum atomic E-state index is 12.4. The van der Waals surface area contributed by atoms with Crippen LogP contribution in [0.2, 0.25) is 0 Å². The van der Waals surface area contributed by atoms with Gasteiger partial charge in [-0.3, -0.25) is 14.3 Å². The van der Waals surface area contributed by atoms with Gasteiger partial charge in [-0.1, -0.05) is 0 Å². The van der Waals surface area contributed by atoms with Crippen LogP contribution in [0.3, 0.4) is 0 Å². The van der Waals surface area contributed by atoms with E-state index in [4.69, 9.17) is 0 Å². The molecule has 2 heterocycles. The molecule has 1 fully saturated rings. The zero-order chi connectivity index (χ0) is 16.1. The average Bonchev–Trinajstić information content (AvgIpc) is 2.92. The lowest BCUT2D eigenvalue weighted by atomic mass is 10.2. The van der Waals surface area contributed by atoms with Crippen molar-refractivity contribution in [2.24, 2.45) is 0 Å². The minimum Gasteiger partial charge on any atom is -0.339 e. The molecule has 0 aliphatic carbocycles. The topological polar surface area (TPSA) is 70.5 Å². The summed E-state index contributed by atoms with van der Waals surface area (Å²) >= 11 is 0. The lowest BCUT2D eigenvalue weighted by Gasteiger charge is -2.35. The van der Waals surface area contributed by atoms with Crippen molar-refractivity contribution < 1.29 is 9.59 Å². The van der Waals surface area contributed by atoms with Gasteiger partial charge in [0.15, 0.2) is 0 Å². The average molecular weight is 307 g/mol. The van der Waals surface area contributed by atoms with E-state index in [9.17, 15) is 9.59 Å². The molecule has 0 radical (unpaired) electrons. The number of amides is 2. The zero-order valence-corrected chi connectivity index (χ0v) is 13.6. The van der Waals surface area contributed by atoms with Gasteiger partial charge < -0.3 is 15.1 Å². The van der Waals surface area contributed by atoms with Crippen molar-refractivity contribution in [1.29, 1.82) is 0 Å². The molecule has 122 valence electrons. The first-order valence-electron chi connectivity index (χ1n) is 7.74. The van der Waals surface area contributed by atoms with Crippen LogP contribution in [0.15, 0.2) is 12.4 Å². The number of hydrogen-bond donors (Lipinski definition) is 1. The highest BCUT2D eigenvalue weighted by Crippen LogP contribution is 2.04. The first kappa shape index (κ1) is 16.5. The second-order valence-electron chi connectivity index (χ2n) is 5.79. The Hall–Kier alpha value is -1.89. The molecule has 22 heavy (non-hydrogen) atoms. The molecule has 1 aromatic rings. The lowest BCUT2D eigenvalue weighted by Crippen LogP contribution is -2.54. The van der Waals surface area contributed by atoms with Crippen LogP contribution in [-0.4, -0.2) is 70.2 Å². The number of piperazine rings is 1. The van der Waals surface area contributed by atoms with E-state index in [0.29, 0.717) is 32.7 Å². The molecule has 2 amide bonds. The van der Waals surface area contributed by atoms with E-state index in [1.807, 2.05) is 35.8 Å². The van der Waals surface area contributed by atoms with E-state index < -0.39 is 0 Å². The predicted molar refractivity (Wildman–Crippen MR) is 83.3 cm³/mol. The van der Waals surface area contributed by atoms with E-state index in [1.54, 1.807) is 11.8 Å². The molecule has 1 N–H and O–H groups in total. The molecule has 2 rings (SSSR count). The van der Waals surface area contributed by atoms with Gasteiger partial charge in [-0.2, -0.15) is 5.10 Å². The summed E-state index contributed by atoms with van der Waals surface area (Å²) in [4.78, 5) is 27.3. The normalized spacial score (nSPS) is 16.7. The zero-order valence-electron chi connectivity index (χ0n) is 13.6. The highest BCUT2D eigenvalue weighted by atomic mass is 16.2. The van der Waals surface area contributed by atoms with Crippen LogP contribution in [0.25, 0.3) is 0 Å². The first-order chi connectivity index (χ1) is 10.5. The van der Waals surface area contributed by atoms with Gasteiger partial charge in [0.1, 0.15) is 0 Å². The van der Waals surface area contributed by atoms with Crippen molar-refractivity contribution in [3.63, 3.8) is 0 Å². The van der Waals surface area contributed by atoms with E-state index >= 15 is 0 Å². The van der Waals surface area contributed by atoms with Gasteiger partial charge in [0, 0.05) is 45.8 Å². The first-order valence-corrected chi connectivity index (χ1v) is 7.74. The molecule has 7 heteroatoms. The van der Waals surface area contributed by atoms with Crippen LogP contribution in [0.4, 0.5) is 0 Å². The molecule has 7 nitrogen and oxygen atoms in total. The van der Waals surface area contributed by atoms with Crippen molar-refractivity contribution in [2.75, 3.05) is 32.7 Å². The molecule has 0 aromatic carbocycles. The van der Waals surface area contributed by atoms with E-state index in [0.717, 1.165) is 12.1 Å². The van der Waals surface area contributed by atoms with Crippen molar-refractivity contribution in [3.8, 4) is 0 Å². The number of nitrogens with one attached hydrogen (secondary N) is 1. The van der Waals surface area contributed by atoms with Crippen LogP contribution < -0.4 is 5.32 Å². The van der Waals surface area contributed by atoms with E-state index in [-0.39, 0.29) is 17.9 Å². The maximum Gasteiger partial charge on any atom is 0.239 e. The summed E-state index contributed by atoms with van der Waals surface area (Å²) in [5.41, 5.74) is 1.13. The summed E-state index contributed by atoms with van der Waals surface area (Å²) in [5, 5.41) is 7.45. The molecular weight excluding hydrogens is 282 g/mol. The Bertz CT molecular complexity index is 520. The fourth-order valence-electron chi connectivity index (χ4n) is 2.59. The standard InChI is InChI=1S/C15H25N5O2/c1-12-10-17-20(11-12)5-4-16-13(2)15(22)19-8-6-18(7-9-19)14(3)21/h10-11,13,16H,4-9H2,1-3H3. The van der Waals surface area contributed by atoms with Crippen molar-refractivity contribution in [2.45, 2.75) is 33.4 Å². The number of rotatable bonds is 5. The number of nitrogens with zero attached hydrogens (tertiary/aromatic N) is 4. The molecule has 0 saturated carbocycles. The Morgan fingerprint density at radius 1 is 1.27 bits per heavy atom. The van der Waals surface area contributed by atoms with Crippen LogP contribution in [0.1, 0.15) is 19.4 Å². The molecule has 0 bridgehead atoms. The number of carbonyl (C=O) groups is 2. The molecular formula is C15H25N5O2. The summed E-state index contributed by atoms with van der Waals surface area (Å²) in [6.45, 7) is 9.37. The molecule has 1 aliphatic rings. The largest absolute Gasteiger partial charge is 0.339 e. The fourth-order valence-corrected chi connectivity index (χ4v) is 2.59. The Balaban J connectivity index is 1.72. The van der Waals surface area contributed by atoms with Crippen molar-refractivity contribution >= 4 is 11.8 Å². The molecule has 1 aliphatic heterocycles. The molecule has 1 saturated heterocycles. The van der Waals surface area contributed by atoms with Crippen molar-refractivity contribution in [3.05, 3.63) is 18.0 Å². The fraction of sp³-hybridized carbons (Fsp3) is 0.667. The highest BCUT2D eigenvalue weighted by molar-refractivity contribution is 5.82. The summed E-state index contributed by atoms with van der Waals surface area (Å²) in [7, 11) is 0. The SMILES string of the molecule is CC(=O)N1CCN(C(=O)C(C)NCCn2cc(C)cn2)CC1. The predicted octanol–water partition coefficient (Wildman–Crippen LogP) is -0.140. The Labute approximate surface area is 131 Å². The van der Waals surface area contributed by atoms with Gasteiger partial charge in [0.05, 0.1) is 18.8 Å². The van der Waals surface area contributed by atoms with Gasteiger partial charge >= 0.3 is 0 Å². The minimum absolute atomic E-state index is 0.0767. The third kappa shape index (κ3) is 4.30. The van der Waals surface area contributed by atoms with E-state index in [2.05, 4.69) is 10.4 Å². The van der Waals surface area contributed by atoms with Crippen LogP contribution in [-0.2, 0) is 16.1 Å². The highest BCUT2D eigenvalue weighted by Gasteiger charge is 2.25.